The van der Waals surface area contributed by atoms with Gasteiger partial charge >= 0.3 is 115 Å². The van der Waals surface area contributed by atoms with Crippen molar-refractivity contribution in [2.75, 3.05) is 0 Å². The quantitative estimate of drug-likeness (QED) is 0.521. The van der Waals surface area contributed by atoms with E-state index in [1.165, 1.54) is 18.7 Å². The van der Waals surface area contributed by atoms with Crippen LogP contribution in [-0.4, -0.2) is 0 Å². The van der Waals surface area contributed by atoms with Crippen LogP contribution in [0.3, 0.4) is 0 Å². The summed E-state index contributed by atoms with van der Waals surface area (Å²) in [5.41, 5.74) is 2.67. The number of aryl methyl sites for hydroxylation is 2. The Morgan fingerprint density at radius 2 is 1.00 bits per heavy atom. The zero-order valence-corrected chi connectivity index (χ0v) is 12.9. The van der Waals surface area contributed by atoms with Crippen molar-refractivity contribution < 1.29 is 14.6 Å². The summed E-state index contributed by atoms with van der Waals surface area (Å²) in [6, 6.07) is 17.8. The average molecular weight is 417 g/mol. The standard InChI is InChI=1S/2C7H7.Ag.HI/c2*1-7-5-3-2-4-6-7;;/h2*3-6H,1H3;;1H/q;;+1;/p-1. The topological polar surface area (TPSA) is 0 Å². The number of hydrogen-bond acceptors (Lipinski definition) is 0. The third-order valence-electron chi connectivity index (χ3n) is 2.28. The molecule has 0 aliphatic carbocycles. The Kier molecular flexibility index (Phi) is 4.25. The SMILES string of the molecule is Cc1cc[c]([Ag]([I])[c]2ccc(C)cc2)cc1. The van der Waals surface area contributed by atoms with E-state index in [9.17, 15) is 0 Å². The molecule has 0 nitrogen and oxygen atoms in total. The van der Waals surface area contributed by atoms with Gasteiger partial charge < -0.3 is 0 Å². The molecule has 2 rings (SSSR count). The molecule has 0 aromatic heterocycles. The molecule has 2 aromatic rings. The molecule has 0 heterocycles. The van der Waals surface area contributed by atoms with E-state index >= 15 is 0 Å². The molecule has 0 unspecified atom stereocenters. The first kappa shape index (κ1) is 12.4. The average Bonchev–Trinajstić information content (AvgIpc) is 2.30. The van der Waals surface area contributed by atoms with Crippen molar-refractivity contribution in [1.29, 1.82) is 0 Å². The van der Waals surface area contributed by atoms with Crippen LogP contribution in [0.2, 0.25) is 0 Å². The number of halogens is 1. The minimum atomic E-state index is -0.623. The predicted octanol–water partition coefficient (Wildman–Crippen LogP) is 3.22. The van der Waals surface area contributed by atoms with Gasteiger partial charge in [-0.25, -0.2) is 0 Å². The second kappa shape index (κ2) is 5.50. The van der Waals surface area contributed by atoms with Crippen LogP contribution >= 0.6 is 19.0 Å². The van der Waals surface area contributed by atoms with Gasteiger partial charge in [0.25, 0.3) is 0 Å². The monoisotopic (exact) mass is 416 g/mol. The van der Waals surface area contributed by atoms with Gasteiger partial charge in [-0.1, -0.05) is 0 Å². The van der Waals surface area contributed by atoms with Crippen molar-refractivity contribution in [3.8, 4) is 0 Å². The van der Waals surface area contributed by atoms with Crippen LogP contribution in [-0.2, 0) is 14.6 Å². The molecular formula is C14H14AgI. The Hall–Kier alpha value is -0.0897. The van der Waals surface area contributed by atoms with Gasteiger partial charge in [0.15, 0.2) is 0 Å². The number of benzene rings is 2. The summed E-state index contributed by atoms with van der Waals surface area (Å²) >= 11 is 1.98. The van der Waals surface area contributed by atoms with Gasteiger partial charge in [-0.3, -0.25) is 0 Å². The summed E-state index contributed by atoms with van der Waals surface area (Å²) < 4.78 is 2.95. The van der Waals surface area contributed by atoms with Gasteiger partial charge in [0.05, 0.1) is 0 Å². The van der Waals surface area contributed by atoms with Crippen molar-refractivity contribution in [2.24, 2.45) is 0 Å². The number of rotatable bonds is 2. The van der Waals surface area contributed by atoms with E-state index in [1.807, 2.05) is 0 Å². The van der Waals surface area contributed by atoms with E-state index in [-0.39, 0.29) is 0 Å². The molecule has 0 bridgehead atoms. The first-order chi connectivity index (χ1) is 7.66. The van der Waals surface area contributed by atoms with Crippen molar-refractivity contribution in [1.82, 2.24) is 0 Å². The molecule has 16 heavy (non-hydrogen) atoms. The van der Waals surface area contributed by atoms with E-state index in [0.29, 0.717) is 0 Å². The molecule has 0 radical (unpaired) electrons. The molecule has 0 atom stereocenters. The summed E-state index contributed by atoms with van der Waals surface area (Å²) in [6.07, 6.45) is 0. The van der Waals surface area contributed by atoms with Crippen LogP contribution in [0.15, 0.2) is 48.5 Å². The van der Waals surface area contributed by atoms with Crippen LogP contribution in [0, 0.1) is 13.8 Å². The van der Waals surface area contributed by atoms with Crippen molar-refractivity contribution in [3.63, 3.8) is 0 Å². The summed E-state index contributed by atoms with van der Waals surface area (Å²) in [5.74, 6) is 0. The number of hydrogen-bond donors (Lipinski definition) is 0. The van der Waals surface area contributed by atoms with E-state index in [1.54, 1.807) is 0 Å². The molecule has 0 N–H and O–H groups in total. The maximum atomic E-state index is 2.60. The molecule has 0 saturated carbocycles. The Morgan fingerprint density at radius 3 is 1.31 bits per heavy atom. The fourth-order valence-electron chi connectivity index (χ4n) is 1.32. The Labute approximate surface area is 114 Å². The van der Waals surface area contributed by atoms with Crippen molar-refractivity contribution in [3.05, 3.63) is 59.7 Å². The molecular weight excluding hydrogens is 403 g/mol. The van der Waals surface area contributed by atoms with Crippen LogP contribution in [0.4, 0.5) is 0 Å². The van der Waals surface area contributed by atoms with Gasteiger partial charge in [-0.2, -0.15) is 0 Å². The third kappa shape index (κ3) is 2.98. The normalized spacial score (nSPS) is 11.3. The fraction of sp³-hybridized carbons (Fsp3) is 0.143. The Morgan fingerprint density at radius 1 is 0.688 bits per heavy atom. The molecule has 2 aromatic carbocycles. The fourth-order valence-corrected chi connectivity index (χ4v) is 5.74. The van der Waals surface area contributed by atoms with Crippen molar-refractivity contribution in [2.45, 2.75) is 13.8 Å². The van der Waals surface area contributed by atoms with Crippen LogP contribution in [0.1, 0.15) is 11.1 Å². The van der Waals surface area contributed by atoms with Crippen LogP contribution < -0.4 is 7.56 Å². The molecule has 0 aliphatic rings. The van der Waals surface area contributed by atoms with Gasteiger partial charge in [-0.15, -0.1) is 0 Å². The van der Waals surface area contributed by atoms with Crippen LogP contribution in [0.5, 0.6) is 0 Å². The van der Waals surface area contributed by atoms with Crippen molar-refractivity contribution >= 4 is 26.6 Å². The summed E-state index contributed by atoms with van der Waals surface area (Å²) in [7, 11) is 0. The summed E-state index contributed by atoms with van der Waals surface area (Å²) in [6.45, 7) is 4.27. The van der Waals surface area contributed by atoms with Gasteiger partial charge in [0, 0.05) is 0 Å². The van der Waals surface area contributed by atoms with Gasteiger partial charge in [-0.05, 0) is 0 Å². The third-order valence-corrected chi connectivity index (χ3v) is 9.21. The Balaban J connectivity index is 2.28. The Bertz CT molecular complexity index is 414. The molecule has 0 saturated heterocycles. The second-order valence-corrected chi connectivity index (χ2v) is 10.2. The first-order valence-corrected chi connectivity index (χ1v) is 10.9. The second-order valence-electron chi connectivity index (χ2n) is 3.69. The molecule has 0 spiro atoms. The molecule has 0 aliphatic heterocycles. The maximum absolute atomic E-state index is 2.60. The molecule has 0 amide bonds. The van der Waals surface area contributed by atoms with E-state index in [0.717, 1.165) is 0 Å². The zero-order valence-electron chi connectivity index (χ0n) is 9.30. The predicted molar refractivity (Wildman–Crippen MR) is 75.6 cm³/mol. The van der Waals surface area contributed by atoms with Crippen LogP contribution in [0.25, 0.3) is 0 Å². The minimum absolute atomic E-state index is 0.623. The van der Waals surface area contributed by atoms with Gasteiger partial charge in [0.1, 0.15) is 0 Å². The summed E-state index contributed by atoms with van der Waals surface area (Å²) in [5, 5.41) is 0. The van der Waals surface area contributed by atoms with E-state index < -0.39 is 14.6 Å². The first-order valence-electron chi connectivity index (χ1n) is 5.06. The summed E-state index contributed by atoms with van der Waals surface area (Å²) in [4.78, 5) is 0. The molecule has 88 valence electrons. The van der Waals surface area contributed by atoms with Gasteiger partial charge in [0.2, 0.25) is 0 Å². The molecule has 2 heteroatoms. The zero-order chi connectivity index (χ0) is 11.5. The van der Waals surface area contributed by atoms with E-state index in [2.05, 4.69) is 81.4 Å². The van der Waals surface area contributed by atoms with E-state index in [4.69, 9.17) is 0 Å². The molecule has 0 fully saturated rings.